The van der Waals surface area contributed by atoms with Crippen LogP contribution in [0.25, 0.3) is 0 Å². The molecule has 0 spiro atoms. The Kier molecular flexibility index (Phi) is 3.76. The molecule has 0 aromatic rings. The highest BCUT2D eigenvalue weighted by Crippen LogP contribution is 2.49. The van der Waals surface area contributed by atoms with E-state index in [0.29, 0.717) is 5.92 Å². The minimum atomic E-state index is -0.683. The lowest BCUT2D eigenvalue weighted by Gasteiger charge is -2.53. The average molecular weight is 227 g/mol. The van der Waals surface area contributed by atoms with Gasteiger partial charge in [0.05, 0.1) is 5.60 Å². The fourth-order valence-corrected chi connectivity index (χ4v) is 3.82. The predicted octanol–water partition coefficient (Wildman–Crippen LogP) is 3.08. The van der Waals surface area contributed by atoms with Crippen LogP contribution in [0.15, 0.2) is 0 Å². The Bertz CT molecular complexity index is 245. The maximum absolute atomic E-state index is 11.0. The van der Waals surface area contributed by atoms with Gasteiger partial charge in [-0.2, -0.15) is 0 Å². The van der Waals surface area contributed by atoms with Gasteiger partial charge in [-0.25, -0.2) is 0 Å². The van der Waals surface area contributed by atoms with Gasteiger partial charge in [0.1, 0.15) is 0 Å². The molecule has 2 atom stereocenters. The first-order valence-corrected chi connectivity index (χ1v) is 6.69. The van der Waals surface area contributed by atoms with E-state index < -0.39 is 11.1 Å². The molecular formula is C14H29NO. The minimum absolute atomic E-state index is 0.210. The van der Waals surface area contributed by atoms with Gasteiger partial charge in [0, 0.05) is 5.54 Å². The van der Waals surface area contributed by atoms with Crippen LogP contribution >= 0.6 is 0 Å². The summed E-state index contributed by atoms with van der Waals surface area (Å²) in [5, 5.41) is 11.0. The third-order valence-corrected chi connectivity index (χ3v) is 4.55. The van der Waals surface area contributed by atoms with Crippen molar-refractivity contribution >= 4 is 0 Å². The minimum Gasteiger partial charge on any atom is -0.388 e. The number of rotatable bonds is 3. The second-order valence-electron chi connectivity index (χ2n) is 6.75. The Morgan fingerprint density at radius 2 is 1.75 bits per heavy atom. The van der Waals surface area contributed by atoms with Crippen molar-refractivity contribution < 1.29 is 5.11 Å². The van der Waals surface area contributed by atoms with Gasteiger partial charge >= 0.3 is 0 Å². The van der Waals surface area contributed by atoms with Gasteiger partial charge in [0.15, 0.2) is 0 Å². The van der Waals surface area contributed by atoms with E-state index >= 15 is 0 Å². The Balaban J connectivity index is 2.99. The molecule has 0 radical (unpaired) electrons. The van der Waals surface area contributed by atoms with Gasteiger partial charge in [-0.05, 0) is 43.4 Å². The fourth-order valence-electron chi connectivity index (χ4n) is 3.82. The first kappa shape index (κ1) is 14.0. The highest BCUT2D eigenvalue weighted by Gasteiger charge is 2.51. The van der Waals surface area contributed by atoms with Crippen LogP contribution in [0.5, 0.6) is 0 Å². The molecule has 1 fully saturated rings. The maximum Gasteiger partial charge on any atom is 0.0833 e. The van der Waals surface area contributed by atoms with Crippen LogP contribution in [0.4, 0.5) is 0 Å². The monoisotopic (exact) mass is 227 g/mol. The lowest BCUT2D eigenvalue weighted by atomic mass is 9.58. The summed E-state index contributed by atoms with van der Waals surface area (Å²) in [6.07, 6.45) is 4.58. The summed E-state index contributed by atoms with van der Waals surface area (Å²) in [4.78, 5) is 0. The molecule has 0 saturated heterocycles. The van der Waals surface area contributed by atoms with E-state index in [1.807, 2.05) is 0 Å². The van der Waals surface area contributed by atoms with Crippen LogP contribution in [0, 0.1) is 11.3 Å². The summed E-state index contributed by atoms with van der Waals surface area (Å²) in [7, 11) is 0. The molecular weight excluding hydrogens is 198 g/mol. The zero-order valence-corrected chi connectivity index (χ0v) is 11.6. The molecule has 3 N–H and O–H groups in total. The van der Waals surface area contributed by atoms with Crippen molar-refractivity contribution in [3.63, 3.8) is 0 Å². The molecule has 0 aliphatic heterocycles. The number of hydrogen-bond donors (Lipinski definition) is 2. The summed E-state index contributed by atoms with van der Waals surface area (Å²) >= 11 is 0. The van der Waals surface area contributed by atoms with Crippen molar-refractivity contribution in [3.05, 3.63) is 0 Å². The van der Waals surface area contributed by atoms with Crippen LogP contribution in [-0.2, 0) is 0 Å². The van der Waals surface area contributed by atoms with Crippen molar-refractivity contribution in [2.75, 3.05) is 0 Å². The van der Waals surface area contributed by atoms with E-state index in [4.69, 9.17) is 5.73 Å². The highest BCUT2D eigenvalue weighted by molar-refractivity contribution is 5.07. The van der Waals surface area contributed by atoms with Crippen molar-refractivity contribution in [3.8, 4) is 0 Å². The van der Waals surface area contributed by atoms with Gasteiger partial charge in [-0.3, -0.25) is 0 Å². The largest absolute Gasteiger partial charge is 0.388 e. The topological polar surface area (TPSA) is 46.2 Å². The van der Waals surface area contributed by atoms with Crippen molar-refractivity contribution in [1.82, 2.24) is 0 Å². The molecule has 2 nitrogen and oxygen atoms in total. The first-order valence-electron chi connectivity index (χ1n) is 6.69. The second-order valence-corrected chi connectivity index (χ2v) is 6.75. The summed E-state index contributed by atoms with van der Waals surface area (Å²) in [6.45, 7) is 10.9. The van der Waals surface area contributed by atoms with Crippen LogP contribution in [-0.4, -0.2) is 16.2 Å². The molecule has 0 aromatic heterocycles. The van der Waals surface area contributed by atoms with E-state index in [9.17, 15) is 5.11 Å². The van der Waals surface area contributed by atoms with Gasteiger partial charge in [0.25, 0.3) is 0 Å². The number of nitrogens with two attached hydrogens (primary N) is 1. The summed E-state index contributed by atoms with van der Waals surface area (Å²) in [6, 6.07) is 0. The van der Waals surface area contributed by atoms with Crippen LogP contribution in [0.3, 0.4) is 0 Å². The van der Waals surface area contributed by atoms with Crippen molar-refractivity contribution in [2.45, 2.75) is 77.9 Å². The van der Waals surface area contributed by atoms with Gasteiger partial charge in [-0.1, -0.05) is 34.6 Å². The quantitative estimate of drug-likeness (QED) is 0.778. The normalized spacial score (nSPS) is 35.1. The Hall–Kier alpha value is -0.0800. The van der Waals surface area contributed by atoms with E-state index in [2.05, 4.69) is 34.6 Å². The molecule has 0 amide bonds. The van der Waals surface area contributed by atoms with E-state index in [0.717, 1.165) is 25.7 Å². The molecule has 0 heterocycles. The number of hydrogen-bond acceptors (Lipinski definition) is 2. The molecule has 1 rings (SSSR count). The lowest BCUT2D eigenvalue weighted by molar-refractivity contribution is -0.113. The van der Waals surface area contributed by atoms with E-state index in [1.54, 1.807) is 0 Å². The molecule has 2 heteroatoms. The SMILES string of the molecule is CCC(N)(CC)C1(O)CC(C)CC(C)(C)C1. The van der Waals surface area contributed by atoms with Gasteiger partial charge in [0.2, 0.25) is 0 Å². The van der Waals surface area contributed by atoms with Crippen LogP contribution in [0.2, 0.25) is 0 Å². The summed E-state index contributed by atoms with van der Waals surface area (Å²) < 4.78 is 0. The predicted molar refractivity (Wildman–Crippen MR) is 69.2 cm³/mol. The third kappa shape index (κ3) is 2.43. The second kappa shape index (κ2) is 4.30. The summed E-state index contributed by atoms with van der Waals surface area (Å²) in [5.74, 6) is 0.565. The molecule has 1 aliphatic carbocycles. The molecule has 2 unspecified atom stereocenters. The fraction of sp³-hybridized carbons (Fsp3) is 1.00. The smallest absolute Gasteiger partial charge is 0.0833 e. The van der Waals surface area contributed by atoms with Gasteiger partial charge in [-0.15, -0.1) is 0 Å². The molecule has 96 valence electrons. The number of aliphatic hydroxyl groups is 1. The zero-order valence-electron chi connectivity index (χ0n) is 11.6. The maximum atomic E-state index is 11.0. The van der Waals surface area contributed by atoms with Crippen LogP contribution < -0.4 is 5.73 Å². The Labute approximate surface area is 101 Å². The summed E-state index contributed by atoms with van der Waals surface area (Å²) in [5.41, 5.74) is 5.55. The molecule has 0 bridgehead atoms. The molecule has 1 aliphatic rings. The standard InChI is InChI=1S/C14H29NO/c1-6-13(15,7-2)14(16)9-11(3)8-12(4,5)10-14/h11,16H,6-10,15H2,1-5H3. The Morgan fingerprint density at radius 1 is 1.25 bits per heavy atom. The highest BCUT2D eigenvalue weighted by atomic mass is 16.3. The van der Waals surface area contributed by atoms with Gasteiger partial charge < -0.3 is 10.8 Å². The zero-order chi connectivity index (χ0) is 12.6. The first-order chi connectivity index (χ1) is 7.18. The van der Waals surface area contributed by atoms with Crippen molar-refractivity contribution in [2.24, 2.45) is 17.1 Å². The van der Waals surface area contributed by atoms with Crippen LogP contribution in [0.1, 0.15) is 66.7 Å². The Morgan fingerprint density at radius 3 is 2.12 bits per heavy atom. The molecule has 16 heavy (non-hydrogen) atoms. The average Bonchev–Trinajstić information content (AvgIpc) is 2.12. The van der Waals surface area contributed by atoms with E-state index in [1.165, 1.54) is 6.42 Å². The third-order valence-electron chi connectivity index (χ3n) is 4.55. The lowest BCUT2D eigenvalue weighted by Crippen LogP contribution is -2.63. The van der Waals surface area contributed by atoms with Crippen molar-refractivity contribution in [1.29, 1.82) is 0 Å². The molecule has 0 aromatic carbocycles. The van der Waals surface area contributed by atoms with E-state index in [-0.39, 0.29) is 5.41 Å². The molecule has 1 saturated carbocycles.